The number of esters is 1. The third-order valence-electron chi connectivity index (χ3n) is 6.68. The molecule has 0 radical (unpaired) electrons. The summed E-state index contributed by atoms with van der Waals surface area (Å²) in [7, 11) is 0. The SMILES string of the molecule is CCOC(=O)CCCCc1cc2c3c(c1)[C@@H]1CN(C(=O)OC(C)(C)C)CC[C@@H]1N3CCCS2. The van der Waals surface area contributed by atoms with Crippen molar-refractivity contribution in [2.75, 3.05) is 36.9 Å². The van der Waals surface area contributed by atoms with E-state index >= 15 is 0 Å². The first-order valence-electron chi connectivity index (χ1n) is 12.5. The van der Waals surface area contributed by atoms with E-state index in [1.807, 2.05) is 44.4 Å². The molecular formula is C26H38N2O4S. The average Bonchev–Trinajstić information content (AvgIpc) is 2.90. The second kappa shape index (κ2) is 10.2. The van der Waals surface area contributed by atoms with Gasteiger partial charge in [0.15, 0.2) is 0 Å². The number of piperidine rings is 1. The first-order valence-corrected chi connectivity index (χ1v) is 13.4. The maximum atomic E-state index is 12.8. The molecule has 0 aliphatic carbocycles. The smallest absolute Gasteiger partial charge is 0.410 e. The van der Waals surface area contributed by atoms with Gasteiger partial charge in [0, 0.05) is 42.9 Å². The van der Waals surface area contributed by atoms with Crippen LogP contribution in [0.2, 0.25) is 0 Å². The Balaban J connectivity index is 1.51. The molecule has 0 N–H and O–H groups in total. The van der Waals surface area contributed by atoms with Crippen molar-refractivity contribution in [1.82, 2.24) is 4.90 Å². The van der Waals surface area contributed by atoms with Crippen molar-refractivity contribution in [3.63, 3.8) is 0 Å². The van der Waals surface area contributed by atoms with Crippen molar-refractivity contribution in [2.24, 2.45) is 0 Å². The number of hydrogen-bond acceptors (Lipinski definition) is 6. The molecule has 7 heteroatoms. The number of ether oxygens (including phenoxy) is 2. The topological polar surface area (TPSA) is 59.1 Å². The van der Waals surface area contributed by atoms with Gasteiger partial charge in [0.05, 0.1) is 12.3 Å². The quantitative estimate of drug-likeness (QED) is 0.408. The minimum Gasteiger partial charge on any atom is -0.466 e. The van der Waals surface area contributed by atoms with Gasteiger partial charge in [-0.3, -0.25) is 4.79 Å². The Bertz CT molecular complexity index is 882. The van der Waals surface area contributed by atoms with Gasteiger partial charge in [0.1, 0.15) is 5.60 Å². The number of thioether (sulfide) groups is 1. The summed E-state index contributed by atoms with van der Waals surface area (Å²) in [5.41, 5.74) is 3.68. The highest BCUT2D eigenvalue weighted by Gasteiger charge is 2.45. The lowest BCUT2D eigenvalue weighted by Crippen LogP contribution is -2.49. The lowest BCUT2D eigenvalue weighted by atomic mass is 9.88. The molecule has 0 unspecified atom stereocenters. The molecule has 1 amide bonds. The summed E-state index contributed by atoms with van der Waals surface area (Å²) >= 11 is 1.97. The van der Waals surface area contributed by atoms with E-state index in [-0.39, 0.29) is 12.1 Å². The van der Waals surface area contributed by atoms with E-state index in [2.05, 4.69) is 17.0 Å². The monoisotopic (exact) mass is 474 g/mol. The van der Waals surface area contributed by atoms with E-state index in [1.54, 1.807) is 0 Å². The predicted molar refractivity (Wildman–Crippen MR) is 132 cm³/mol. The third-order valence-corrected chi connectivity index (χ3v) is 7.80. The Hall–Kier alpha value is -1.89. The number of benzene rings is 1. The Morgan fingerprint density at radius 1 is 1.18 bits per heavy atom. The number of aryl methyl sites for hydroxylation is 1. The standard InChI is InChI=1S/C26H38N2O4S/c1-5-31-23(29)10-7-6-9-18-15-19-20-17-27(25(30)32-26(2,3)4)13-11-21(20)28-12-8-14-33-22(16-18)24(19)28/h15-16,20-21H,5-14,17H2,1-4H3/t20-,21-/m0/s1. The van der Waals surface area contributed by atoms with Gasteiger partial charge in [-0.05, 0) is 82.7 Å². The average molecular weight is 475 g/mol. The van der Waals surface area contributed by atoms with E-state index in [9.17, 15) is 9.59 Å². The van der Waals surface area contributed by atoms with Crippen LogP contribution in [0, 0.1) is 0 Å². The van der Waals surface area contributed by atoms with Gasteiger partial charge in [-0.1, -0.05) is 6.07 Å². The molecule has 6 nitrogen and oxygen atoms in total. The Labute approximate surface area is 202 Å². The number of hydrogen-bond donors (Lipinski definition) is 0. The largest absolute Gasteiger partial charge is 0.466 e. The minimum atomic E-state index is -0.477. The molecule has 0 bridgehead atoms. The highest BCUT2D eigenvalue weighted by atomic mass is 32.2. The molecule has 33 heavy (non-hydrogen) atoms. The summed E-state index contributed by atoms with van der Waals surface area (Å²) in [5, 5.41) is 0. The van der Waals surface area contributed by atoms with Crippen LogP contribution < -0.4 is 4.90 Å². The lowest BCUT2D eigenvalue weighted by Gasteiger charge is -2.39. The summed E-state index contributed by atoms with van der Waals surface area (Å²) in [6.45, 7) is 10.6. The molecule has 3 heterocycles. The van der Waals surface area contributed by atoms with Gasteiger partial charge in [0.2, 0.25) is 0 Å². The number of carbonyl (C=O) groups excluding carboxylic acids is 2. The highest BCUT2D eigenvalue weighted by molar-refractivity contribution is 7.99. The van der Waals surface area contributed by atoms with Gasteiger partial charge in [-0.2, -0.15) is 0 Å². The number of nitrogens with zero attached hydrogens (tertiary/aromatic N) is 2. The number of fused-ring (bicyclic) bond motifs is 3. The van der Waals surface area contributed by atoms with Crippen molar-refractivity contribution >= 4 is 29.5 Å². The maximum Gasteiger partial charge on any atom is 0.410 e. The van der Waals surface area contributed by atoms with Crippen LogP contribution in [0.15, 0.2) is 17.0 Å². The van der Waals surface area contributed by atoms with Crippen LogP contribution in [-0.4, -0.2) is 60.6 Å². The van der Waals surface area contributed by atoms with Gasteiger partial charge in [0.25, 0.3) is 0 Å². The highest BCUT2D eigenvalue weighted by Crippen LogP contribution is 2.51. The summed E-state index contributed by atoms with van der Waals surface area (Å²) in [5.74, 6) is 1.38. The molecule has 0 spiro atoms. The van der Waals surface area contributed by atoms with Crippen LogP contribution in [0.1, 0.15) is 76.8 Å². The van der Waals surface area contributed by atoms with E-state index in [0.29, 0.717) is 25.0 Å². The fourth-order valence-electron chi connectivity index (χ4n) is 5.34. The second-order valence-electron chi connectivity index (χ2n) is 10.3. The Kier molecular flexibility index (Phi) is 7.46. The van der Waals surface area contributed by atoms with Crippen LogP contribution in [0.4, 0.5) is 10.5 Å². The zero-order valence-electron chi connectivity index (χ0n) is 20.5. The molecular weight excluding hydrogens is 436 g/mol. The van der Waals surface area contributed by atoms with Crippen LogP contribution >= 0.6 is 11.8 Å². The van der Waals surface area contributed by atoms with E-state index in [1.165, 1.54) is 28.1 Å². The number of amides is 1. The Morgan fingerprint density at radius 3 is 2.76 bits per heavy atom. The summed E-state index contributed by atoms with van der Waals surface area (Å²) in [6.07, 6.45) is 5.26. The lowest BCUT2D eigenvalue weighted by molar-refractivity contribution is -0.143. The first-order chi connectivity index (χ1) is 15.8. The number of likely N-dealkylation sites (tertiary alicyclic amines) is 1. The minimum absolute atomic E-state index is 0.100. The summed E-state index contributed by atoms with van der Waals surface area (Å²) in [6, 6.07) is 5.22. The van der Waals surface area contributed by atoms with Gasteiger partial charge in [-0.15, -0.1) is 11.8 Å². The van der Waals surface area contributed by atoms with E-state index in [4.69, 9.17) is 9.47 Å². The number of unbranched alkanes of at least 4 members (excludes halogenated alkanes) is 1. The maximum absolute atomic E-state index is 12.8. The summed E-state index contributed by atoms with van der Waals surface area (Å²) in [4.78, 5) is 30.4. The van der Waals surface area contributed by atoms with Crippen molar-refractivity contribution in [3.8, 4) is 0 Å². The van der Waals surface area contributed by atoms with Crippen molar-refractivity contribution < 1.29 is 19.1 Å². The molecule has 1 saturated heterocycles. The van der Waals surface area contributed by atoms with Crippen LogP contribution in [0.5, 0.6) is 0 Å². The molecule has 182 valence electrons. The van der Waals surface area contributed by atoms with E-state index in [0.717, 1.165) is 51.1 Å². The number of carbonyl (C=O) groups is 2. The van der Waals surface area contributed by atoms with Crippen molar-refractivity contribution in [2.45, 2.75) is 88.7 Å². The fourth-order valence-corrected chi connectivity index (χ4v) is 6.44. The van der Waals surface area contributed by atoms with E-state index < -0.39 is 5.60 Å². The molecule has 1 aromatic carbocycles. The molecule has 1 aromatic rings. The zero-order chi connectivity index (χ0) is 23.6. The first kappa shape index (κ1) is 24.2. The number of rotatable bonds is 6. The predicted octanol–water partition coefficient (Wildman–Crippen LogP) is 5.37. The molecule has 3 aliphatic heterocycles. The van der Waals surface area contributed by atoms with Gasteiger partial charge >= 0.3 is 12.1 Å². The third kappa shape index (κ3) is 5.61. The Morgan fingerprint density at radius 2 is 2.00 bits per heavy atom. The normalized spacial score (nSPS) is 21.8. The molecule has 3 aliphatic rings. The van der Waals surface area contributed by atoms with Crippen LogP contribution in [-0.2, 0) is 20.7 Å². The van der Waals surface area contributed by atoms with Crippen molar-refractivity contribution in [3.05, 3.63) is 23.3 Å². The molecule has 2 atom stereocenters. The van der Waals surface area contributed by atoms with Gasteiger partial charge < -0.3 is 19.3 Å². The zero-order valence-corrected chi connectivity index (χ0v) is 21.3. The van der Waals surface area contributed by atoms with Gasteiger partial charge in [-0.25, -0.2) is 4.79 Å². The summed E-state index contributed by atoms with van der Waals surface area (Å²) < 4.78 is 10.7. The van der Waals surface area contributed by atoms with Crippen LogP contribution in [0.25, 0.3) is 0 Å². The molecule has 1 fully saturated rings. The van der Waals surface area contributed by atoms with Crippen LogP contribution in [0.3, 0.4) is 0 Å². The molecule has 0 aromatic heterocycles. The fraction of sp³-hybridized carbons (Fsp3) is 0.692. The second-order valence-corrected chi connectivity index (χ2v) is 11.5. The van der Waals surface area contributed by atoms with Crippen molar-refractivity contribution in [1.29, 1.82) is 0 Å². The molecule has 0 saturated carbocycles. The molecule has 4 rings (SSSR count). The number of anilines is 1.